The van der Waals surface area contributed by atoms with Crippen LogP contribution in [0, 0.1) is 18.3 Å². The average molecular weight is 740 g/mol. The molecule has 2 saturated heterocycles. The van der Waals surface area contributed by atoms with E-state index in [4.69, 9.17) is 23.7 Å². The molecule has 1 unspecified atom stereocenters. The van der Waals surface area contributed by atoms with Crippen molar-refractivity contribution in [1.82, 2.24) is 26.1 Å². The lowest BCUT2D eigenvalue weighted by molar-refractivity contribution is -0.131. The molecule has 0 aliphatic carbocycles. The second-order valence-electron chi connectivity index (χ2n) is 14.1. The maximum Gasteiger partial charge on any atom is 0.407 e. The molecule has 2 aliphatic rings. The summed E-state index contributed by atoms with van der Waals surface area (Å²) >= 11 is 1.56. The molecule has 0 spiro atoms. The number of amides is 3. The molecule has 0 bridgehead atoms. The number of hydrogen-bond acceptors (Lipinski definition) is 12. The standard InChI is InChI=1S/C37H49N5O9S/c1-23-38-26(22-52-23)20-49-27-13-11-24(12-14-27)17-29(39-36(46)51-31-21-50-34-28(31)15-16-48-34)30(43)19-42(18-25-9-7-6-8-10-25)41-33(44)32(37(2,3)4)40-35(45)47-5/h6-14,22,28-32,34,43H,15-21H2,1-5H3,(H,39,46)(H,40,45)(H,41,44)/t28-,29-,30-,31?,32+,34+/m0/s1. The van der Waals surface area contributed by atoms with Crippen LogP contribution < -0.4 is 20.8 Å². The first-order valence-corrected chi connectivity index (χ1v) is 18.2. The highest BCUT2D eigenvalue weighted by Crippen LogP contribution is 2.33. The number of aromatic nitrogens is 1. The summed E-state index contributed by atoms with van der Waals surface area (Å²) in [6.45, 7) is 8.65. The minimum atomic E-state index is -1.19. The molecule has 2 aliphatic heterocycles. The Hall–Kier alpha value is -4.28. The van der Waals surface area contributed by atoms with Gasteiger partial charge < -0.3 is 39.4 Å². The van der Waals surface area contributed by atoms with Gasteiger partial charge in [-0.2, -0.15) is 0 Å². The van der Waals surface area contributed by atoms with Crippen molar-refractivity contribution < 1.29 is 43.2 Å². The van der Waals surface area contributed by atoms with Crippen LogP contribution in [0.2, 0.25) is 0 Å². The normalized spacial score (nSPS) is 20.0. The fourth-order valence-electron chi connectivity index (χ4n) is 6.14. The molecule has 6 atom stereocenters. The lowest BCUT2D eigenvalue weighted by Gasteiger charge is -2.34. The van der Waals surface area contributed by atoms with Crippen molar-refractivity contribution in [3.05, 3.63) is 81.8 Å². The predicted molar refractivity (Wildman–Crippen MR) is 192 cm³/mol. The molecule has 3 aromatic rings. The number of ether oxygens (including phenoxy) is 5. The van der Waals surface area contributed by atoms with E-state index in [0.29, 0.717) is 19.0 Å². The summed E-state index contributed by atoms with van der Waals surface area (Å²) in [5, 5.41) is 21.8. The van der Waals surface area contributed by atoms with Crippen molar-refractivity contribution in [2.24, 2.45) is 11.3 Å². The minimum absolute atomic E-state index is 0.0548. The topological polar surface area (TPSA) is 170 Å². The van der Waals surface area contributed by atoms with Crippen LogP contribution in [0.25, 0.3) is 0 Å². The van der Waals surface area contributed by atoms with Gasteiger partial charge in [0.2, 0.25) is 0 Å². The maximum absolute atomic E-state index is 13.7. The van der Waals surface area contributed by atoms with Crippen molar-refractivity contribution in [2.45, 2.75) is 84.3 Å². The number of aliphatic hydroxyl groups is 1. The Morgan fingerprint density at radius 1 is 1.04 bits per heavy atom. The molecule has 3 heterocycles. The second-order valence-corrected chi connectivity index (χ2v) is 15.1. The molecule has 282 valence electrons. The van der Waals surface area contributed by atoms with Gasteiger partial charge in [0, 0.05) is 18.5 Å². The van der Waals surface area contributed by atoms with E-state index < -0.39 is 47.8 Å². The van der Waals surface area contributed by atoms with Crippen LogP contribution in [0.1, 0.15) is 49.0 Å². The van der Waals surface area contributed by atoms with Crippen LogP contribution in [-0.2, 0) is 43.3 Å². The summed E-state index contributed by atoms with van der Waals surface area (Å²) in [5.74, 6) is 0.0999. The third-order valence-corrected chi connectivity index (χ3v) is 9.73. The first-order chi connectivity index (χ1) is 24.9. The van der Waals surface area contributed by atoms with Crippen LogP contribution in [0.15, 0.2) is 60.0 Å². The maximum atomic E-state index is 13.7. The zero-order chi connectivity index (χ0) is 37.3. The van der Waals surface area contributed by atoms with E-state index in [1.165, 1.54) is 7.11 Å². The monoisotopic (exact) mass is 739 g/mol. The summed E-state index contributed by atoms with van der Waals surface area (Å²) in [4.78, 5) is 43.6. The molecule has 2 fully saturated rings. The Morgan fingerprint density at radius 3 is 2.46 bits per heavy atom. The van der Waals surface area contributed by atoms with Crippen LogP contribution in [0.4, 0.5) is 9.59 Å². The van der Waals surface area contributed by atoms with Gasteiger partial charge in [-0.25, -0.2) is 19.6 Å². The quantitative estimate of drug-likeness (QED) is 0.166. The Bertz CT molecular complexity index is 1620. The summed E-state index contributed by atoms with van der Waals surface area (Å²) < 4.78 is 27.7. The number of nitrogens with zero attached hydrogens (tertiary/aromatic N) is 2. The largest absolute Gasteiger partial charge is 0.487 e. The highest BCUT2D eigenvalue weighted by Gasteiger charge is 2.44. The number of fused-ring (bicyclic) bond motifs is 1. The number of carbonyl (C=O) groups excluding carboxylic acids is 3. The fraction of sp³-hybridized carbons (Fsp3) is 0.514. The first-order valence-electron chi connectivity index (χ1n) is 17.3. The van der Waals surface area contributed by atoms with Crippen LogP contribution in [0.3, 0.4) is 0 Å². The van der Waals surface area contributed by atoms with Gasteiger partial charge in [0.15, 0.2) is 6.29 Å². The van der Waals surface area contributed by atoms with Gasteiger partial charge >= 0.3 is 12.2 Å². The number of methoxy groups -OCH3 is 1. The van der Waals surface area contributed by atoms with Crippen molar-refractivity contribution in [1.29, 1.82) is 0 Å². The Balaban J connectivity index is 1.32. The van der Waals surface area contributed by atoms with Gasteiger partial charge in [0.1, 0.15) is 24.5 Å². The highest BCUT2D eigenvalue weighted by atomic mass is 32.1. The van der Waals surface area contributed by atoms with E-state index in [9.17, 15) is 19.5 Å². The summed E-state index contributed by atoms with van der Waals surface area (Å²) in [7, 11) is 1.23. The third kappa shape index (κ3) is 11.1. The number of rotatable bonds is 15. The minimum Gasteiger partial charge on any atom is -0.487 e. The third-order valence-electron chi connectivity index (χ3n) is 8.91. The van der Waals surface area contributed by atoms with E-state index in [2.05, 4.69) is 21.0 Å². The molecule has 52 heavy (non-hydrogen) atoms. The number of aryl methyl sites for hydroxylation is 1. The zero-order valence-electron chi connectivity index (χ0n) is 30.2. The number of alkyl carbamates (subject to hydrolysis) is 2. The Labute approximate surface area is 308 Å². The van der Waals surface area contributed by atoms with Gasteiger partial charge in [-0.3, -0.25) is 10.2 Å². The van der Waals surface area contributed by atoms with Gasteiger partial charge in [-0.15, -0.1) is 11.3 Å². The fourth-order valence-corrected chi connectivity index (χ4v) is 6.74. The van der Waals surface area contributed by atoms with Gasteiger partial charge in [-0.1, -0.05) is 63.2 Å². The number of hydrazine groups is 1. The molecule has 14 nitrogen and oxygen atoms in total. The number of benzene rings is 2. The molecular formula is C37H49N5O9S. The number of carbonyl (C=O) groups is 3. The summed E-state index contributed by atoms with van der Waals surface area (Å²) in [5.41, 5.74) is 4.76. The van der Waals surface area contributed by atoms with Gasteiger partial charge in [0.25, 0.3) is 5.91 Å². The van der Waals surface area contributed by atoms with Crippen LogP contribution in [0.5, 0.6) is 5.75 Å². The molecule has 0 radical (unpaired) electrons. The Kier molecular flexibility index (Phi) is 13.5. The number of thiazole rings is 1. The van der Waals surface area contributed by atoms with E-state index in [1.54, 1.807) is 16.3 Å². The van der Waals surface area contributed by atoms with E-state index in [0.717, 1.165) is 28.2 Å². The predicted octanol–water partition coefficient (Wildman–Crippen LogP) is 4.09. The van der Waals surface area contributed by atoms with E-state index >= 15 is 0 Å². The second kappa shape index (κ2) is 18.0. The number of aliphatic hydroxyl groups excluding tert-OH is 1. The highest BCUT2D eigenvalue weighted by molar-refractivity contribution is 7.09. The Morgan fingerprint density at radius 2 is 1.79 bits per heavy atom. The van der Waals surface area contributed by atoms with Gasteiger partial charge in [0.05, 0.1) is 49.1 Å². The van der Waals surface area contributed by atoms with Gasteiger partial charge in [-0.05, 0) is 48.4 Å². The lowest BCUT2D eigenvalue weighted by Crippen LogP contribution is -2.59. The smallest absolute Gasteiger partial charge is 0.407 e. The summed E-state index contributed by atoms with van der Waals surface area (Å²) in [6, 6.07) is 15.0. The van der Waals surface area contributed by atoms with Crippen molar-refractivity contribution >= 4 is 29.4 Å². The van der Waals surface area contributed by atoms with Crippen molar-refractivity contribution in [3.63, 3.8) is 0 Å². The first kappa shape index (κ1) is 38.9. The molecular weight excluding hydrogens is 691 g/mol. The molecule has 1 aromatic heterocycles. The van der Waals surface area contributed by atoms with Crippen LogP contribution in [-0.4, -0.2) is 90.6 Å². The number of hydrogen-bond donors (Lipinski definition) is 4. The molecule has 4 N–H and O–H groups in total. The SMILES string of the molecule is COC(=O)N[C@H](C(=O)NN(Cc1ccccc1)C[C@H](O)[C@H](Cc1ccc(OCc2csc(C)n2)cc1)NC(=O)OC1CO[C@H]2OCC[C@@H]12)C(C)(C)C. The number of nitrogens with one attached hydrogen (secondary N) is 3. The molecule has 15 heteroatoms. The van der Waals surface area contributed by atoms with Crippen LogP contribution >= 0.6 is 11.3 Å². The van der Waals surface area contributed by atoms with Crippen molar-refractivity contribution in [3.8, 4) is 5.75 Å². The van der Waals surface area contributed by atoms with E-state index in [1.807, 2.05) is 87.7 Å². The lowest BCUT2D eigenvalue weighted by atomic mass is 9.86. The molecule has 3 amide bonds. The molecule has 2 aromatic carbocycles. The average Bonchev–Trinajstić information content (AvgIpc) is 3.85. The van der Waals surface area contributed by atoms with Crippen molar-refractivity contribution in [2.75, 3.05) is 26.9 Å². The molecule has 0 saturated carbocycles. The zero-order valence-corrected chi connectivity index (χ0v) is 31.0. The van der Waals surface area contributed by atoms with E-state index in [-0.39, 0.29) is 38.3 Å². The summed E-state index contributed by atoms with van der Waals surface area (Å²) in [6.07, 6.45) is -2.54. The molecule has 5 rings (SSSR count).